The second kappa shape index (κ2) is 5.03. The van der Waals surface area contributed by atoms with Crippen LogP contribution in [0.2, 0.25) is 0 Å². The van der Waals surface area contributed by atoms with Crippen molar-refractivity contribution in [2.24, 2.45) is 11.8 Å². The summed E-state index contributed by atoms with van der Waals surface area (Å²) in [5.41, 5.74) is 2.90. The molecular weight excluding hydrogens is 200 g/mol. The minimum Gasteiger partial charge on any atom is -0.369 e. The number of nitrogens with two attached hydrogens (primary N) is 1. The highest BCUT2D eigenvalue weighted by Gasteiger charge is 2.48. The molecule has 3 heteroatoms. The van der Waals surface area contributed by atoms with Crippen LogP contribution in [0.5, 0.6) is 0 Å². The highest BCUT2D eigenvalue weighted by atomic mass is 16.5. The Morgan fingerprint density at radius 3 is 2.38 bits per heavy atom. The molecule has 2 atom stereocenters. The second-order valence-electron chi connectivity index (χ2n) is 6.19. The van der Waals surface area contributed by atoms with Crippen molar-refractivity contribution in [2.45, 2.75) is 77.5 Å². The van der Waals surface area contributed by atoms with Crippen LogP contribution in [0.25, 0.3) is 0 Å². The molecule has 1 saturated heterocycles. The maximum atomic E-state index is 6.12. The first-order valence-corrected chi connectivity index (χ1v) is 6.48. The minimum atomic E-state index is -0.0751. The van der Waals surface area contributed by atoms with Crippen LogP contribution in [0.3, 0.4) is 0 Å². The third kappa shape index (κ3) is 3.19. The number of rotatable bonds is 5. The van der Waals surface area contributed by atoms with Crippen molar-refractivity contribution < 1.29 is 4.74 Å². The molecule has 0 amide bonds. The Kier molecular flexibility index (Phi) is 4.38. The molecule has 0 saturated carbocycles. The number of hydrogen-bond acceptors (Lipinski definition) is 3. The molecule has 0 aromatic heterocycles. The Hall–Kier alpha value is -0.120. The van der Waals surface area contributed by atoms with Gasteiger partial charge in [0.2, 0.25) is 0 Å². The fourth-order valence-corrected chi connectivity index (χ4v) is 3.06. The third-order valence-corrected chi connectivity index (χ3v) is 3.71. The van der Waals surface area contributed by atoms with Gasteiger partial charge in [-0.05, 0) is 40.5 Å². The first kappa shape index (κ1) is 13.9. The van der Waals surface area contributed by atoms with Gasteiger partial charge in [0, 0.05) is 12.0 Å². The fraction of sp³-hybridized carbons (Fsp3) is 1.00. The zero-order valence-corrected chi connectivity index (χ0v) is 11.5. The predicted molar refractivity (Wildman–Crippen MR) is 68.0 cm³/mol. The van der Waals surface area contributed by atoms with E-state index in [1.165, 1.54) is 12.8 Å². The van der Waals surface area contributed by atoms with E-state index in [2.05, 4.69) is 40.0 Å². The molecule has 96 valence electrons. The van der Waals surface area contributed by atoms with Crippen LogP contribution < -0.4 is 11.3 Å². The number of hydrazine groups is 1. The SMILES string of the molecule is CCCCC(NN)C1CC(C)(C)OC1(C)C. The summed E-state index contributed by atoms with van der Waals surface area (Å²) in [4.78, 5) is 0. The zero-order chi connectivity index (χ0) is 12.4. The van der Waals surface area contributed by atoms with E-state index < -0.39 is 0 Å². The van der Waals surface area contributed by atoms with Crippen LogP contribution in [-0.2, 0) is 4.74 Å². The maximum absolute atomic E-state index is 6.12. The Morgan fingerprint density at radius 2 is 2.00 bits per heavy atom. The monoisotopic (exact) mass is 228 g/mol. The summed E-state index contributed by atoms with van der Waals surface area (Å²) in [7, 11) is 0. The smallest absolute Gasteiger partial charge is 0.0678 e. The summed E-state index contributed by atoms with van der Waals surface area (Å²) in [5, 5.41) is 0. The zero-order valence-electron chi connectivity index (χ0n) is 11.5. The number of unbranched alkanes of at least 4 members (excludes halogenated alkanes) is 1. The largest absolute Gasteiger partial charge is 0.369 e. The maximum Gasteiger partial charge on any atom is 0.0678 e. The van der Waals surface area contributed by atoms with Gasteiger partial charge in [-0.1, -0.05) is 19.8 Å². The van der Waals surface area contributed by atoms with Crippen LogP contribution in [0.4, 0.5) is 0 Å². The first-order valence-electron chi connectivity index (χ1n) is 6.48. The molecule has 3 nitrogen and oxygen atoms in total. The minimum absolute atomic E-state index is 0.0184. The quantitative estimate of drug-likeness (QED) is 0.561. The van der Waals surface area contributed by atoms with Crippen molar-refractivity contribution in [2.75, 3.05) is 0 Å². The van der Waals surface area contributed by atoms with E-state index in [0.717, 1.165) is 12.8 Å². The van der Waals surface area contributed by atoms with Crippen molar-refractivity contribution in [3.63, 3.8) is 0 Å². The van der Waals surface area contributed by atoms with Gasteiger partial charge in [-0.25, -0.2) is 0 Å². The summed E-state index contributed by atoms with van der Waals surface area (Å²) in [6.45, 7) is 10.9. The van der Waals surface area contributed by atoms with Crippen molar-refractivity contribution in [1.82, 2.24) is 5.43 Å². The van der Waals surface area contributed by atoms with Gasteiger partial charge in [-0.15, -0.1) is 0 Å². The van der Waals surface area contributed by atoms with Crippen LogP contribution >= 0.6 is 0 Å². The van der Waals surface area contributed by atoms with E-state index in [1.807, 2.05) is 0 Å². The lowest BCUT2D eigenvalue weighted by atomic mass is 9.80. The summed E-state index contributed by atoms with van der Waals surface area (Å²) in [6, 6.07) is 0.372. The van der Waals surface area contributed by atoms with E-state index in [4.69, 9.17) is 10.6 Å². The van der Waals surface area contributed by atoms with Crippen LogP contribution in [0.15, 0.2) is 0 Å². The van der Waals surface area contributed by atoms with E-state index in [0.29, 0.717) is 12.0 Å². The van der Waals surface area contributed by atoms with Crippen LogP contribution in [0.1, 0.15) is 60.3 Å². The highest BCUT2D eigenvalue weighted by Crippen LogP contribution is 2.44. The second-order valence-corrected chi connectivity index (χ2v) is 6.19. The molecule has 1 aliphatic rings. The lowest BCUT2D eigenvalue weighted by Crippen LogP contribution is -2.47. The highest BCUT2D eigenvalue weighted by molar-refractivity contribution is 4.98. The van der Waals surface area contributed by atoms with Crippen molar-refractivity contribution in [1.29, 1.82) is 0 Å². The average molecular weight is 228 g/mol. The average Bonchev–Trinajstić information content (AvgIpc) is 2.36. The molecule has 1 fully saturated rings. The molecule has 2 unspecified atom stereocenters. The molecule has 1 rings (SSSR count). The lowest BCUT2D eigenvalue weighted by Gasteiger charge is -2.32. The third-order valence-electron chi connectivity index (χ3n) is 3.71. The summed E-state index contributed by atoms with van der Waals surface area (Å²) in [5.74, 6) is 6.20. The van der Waals surface area contributed by atoms with E-state index in [9.17, 15) is 0 Å². The van der Waals surface area contributed by atoms with Gasteiger partial charge in [0.05, 0.1) is 11.2 Å². The number of nitrogens with one attached hydrogen (secondary N) is 1. The van der Waals surface area contributed by atoms with Crippen molar-refractivity contribution >= 4 is 0 Å². The topological polar surface area (TPSA) is 47.3 Å². The molecular formula is C13H28N2O. The molecule has 0 aromatic rings. The standard InChI is InChI=1S/C13H28N2O/c1-6-7-8-11(15-14)10-9-12(2,3)16-13(10,4)5/h10-11,15H,6-9,14H2,1-5H3. The van der Waals surface area contributed by atoms with Gasteiger partial charge >= 0.3 is 0 Å². The van der Waals surface area contributed by atoms with E-state index >= 15 is 0 Å². The Morgan fingerprint density at radius 1 is 1.38 bits per heavy atom. The van der Waals surface area contributed by atoms with Gasteiger partial charge in [-0.2, -0.15) is 0 Å². The Labute approximate surface area is 100 Å². The fourth-order valence-electron chi connectivity index (χ4n) is 3.06. The molecule has 0 bridgehead atoms. The summed E-state index contributed by atoms with van der Waals surface area (Å²) in [6.07, 6.45) is 4.66. The molecule has 1 aliphatic heterocycles. The molecule has 1 heterocycles. The first-order chi connectivity index (χ1) is 7.32. The molecule has 0 aliphatic carbocycles. The molecule has 0 radical (unpaired) electrons. The van der Waals surface area contributed by atoms with Crippen molar-refractivity contribution in [3.8, 4) is 0 Å². The summed E-state index contributed by atoms with van der Waals surface area (Å²) >= 11 is 0. The van der Waals surface area contributed by atoms with Crippen molar-refractivity contribution in [3.05, 3.63) is 0 Å². The van der Waals surface area contributed by atoms with Gasteiger partial charge in [0.25, 0.3) is 0 Å². The van der Waals surface area contributed by atoms with Crippen LogP contribution in [-0.4, -0.2) is 17.2 Å². The molecule has 0 spiro atoms. The van der Waals surface area contributed by atoms with E-state index in [1.54, 1.807) is 0 Å². The molecule has 16 heavy (non-hydrogen) atoms. The molecule has 0 aromatic carbocycles. The van der Waals surface area contributed by atoms with Gasteiger partial charge in [0.15, 0.2) is 0 Å². The number of ether oxygens (including phenoxy) is 1. The number of hydrogen-bond donors (Lipinski definition) is 2. The van der Waals surface area contributed by atoms with E-state index in [-0.39, 0.29) is 11.2 Å². The summed E-state index contributed by atoms with van der Waals surface area (Å²) < 4.78 is 6.12. The molecule has 3 N–H and O–H groups in total. The Balaban J connectivity index is 2.69. The lowest BCUT2D eigenvalue weighted by molar-refractivity contribution is -0.0779. The van der Waals surface area contributed by atoms with Gasteiger partial charge < -0.3 is 4.74 Å². The van der Waals surface area contributed by atoms with Crippen LogP contribution in [0, 0.1) is 5.92 Å². The normalized spacial score (nSPS) is 29.2. The van der Waals surface area contributed by atoms with Gasteiger partial charge in [0.1, 0.15) is 0 Å². The predicted octanol–water partition coefficient (Wildman–Crippen LogP) is 2.60. The Bertz CT molecular complexity index is 226. The van der Waals surface area contributed by atoms with Gasteiger partial charge in [-0.3, -0.25) is 11.3 Å².